The Morgan fingerprint density at radius 3 is 2.62 bits per heavy atom. The van der Waals surface area contributed by atoms with Crippen LogP contribution in [0.3, 0.4) is 0 Å². The van der Waals surface area contributed by atoms with E-state index >= 15 is 0 Å². The molecule has 2 aromatic rings. The van der Waals surface area contributed by atoms with Gasteiger partial charge >= 0.3 is 5.97 Å². The number of nitrogens with one attached hydrogen (secondary N) is 1. The summed E-state index contributed by atoms with van der Waals surface area (Å²) < 4.78 is 32.1. The highest BCUT2D eigenvalue weighted by molar-refractivity contribution is 7.89. The van der Waals surface area contributed by atoms with Crippen LogP contribution in [-0.2, 0) is 26.1 Å². The molecule has 0 atom stereocenters. The van der Waals surface area contributed by atoms with Crippen LogP contribution in [0.25, 0.3) is 0 Å². The molecule has 1 aliphatic heterocycles. The average molecular weight is 457 g/mol. The molecule has 0 bridgehead atoms. The summed E-state index contributed by atoms with van der Waals surface area (Å²) in [5.74, 6) is -1.23. The van der Waals surface area contributed by atoms with Crippen LogP contribution in [-0.4, -0.2) is 44.3 Å². The summed E-state index contributed by atoms with van der Waals surface area (Å²) in [4.78, 5) is 25.0. The van der Waals surface area contributed by atoms with Crippen molar-refractivity contribution in [1.29, 1.82) is 0 Å². The summed E-state index contributed by atoms with van der Waals surface area (Å²) in [5, 5.41) is 4.59. The molecule has 0 saturated carbocycles. The SMILES string of the molecule is O=C(COC(=O)c1ccc(Cl)c(S(=O)(=O)N2CCCCC2)c1)NCc1cccs1. The van der Waals surface area contributed by atoms with E-state index in [1.165, 1.54) is 33.8 Å². The highest BCUT2D eigenvalue weighted by Gasteiger charge is 2.29. The number of thiophene rings is 1. The Kier molecular flexibility index (Phi) is 7.28. The molecule has 2 heterocycles. The smallest absolute Gasteiger partial charge is 0.338 e. The van der Waals surface area contributed by atoms with E-state index in [0.717, 1.165) is 24.1 Å². The van der Waals surface area contributed by atoms with Gasteiger partial charge in [-0.2, -0.15) is 4.31 Å². The minimum absolute atomic E-state index is 0.0241. The van der Waals surface area contributed by atoms with E-state index in [1.807, 2.05) is 17.5 Å². The molecule has 7 nitrogen and oxygen atoms in total. The van der Waals surface area contributed by atoms with Gasteiger partial charge in [0.15, 0.2) is 6.61 Å². The number of rotatable bonds is 7. The number of piperidine rings is 1. The first-order valence-electron chi connectivity index (χ1n) is 9.14. The average Bonchev–Trinajstić information content (AvgIpc) is 3.25. The third-order valence-electron chi connectivity index (χ3n) is 4.47. The lowest BCUT2D eigenvalue weighted by Gasteiger charge is -2.26. The number of ether oxygens (including phenoxy) is 1. The highest BCUT2D eigenvalue weighted by atomic mass is 35.5. The largest absolute Gasteiger partial charge is 0.452 e. The first-order chi connectivity index (χ1) is 13.9. The zero-order valence-corrected chi connectivity index (χ0v) is 18.0. The minimum atomic E-state index is -3.80. The van der Waals surface area contributed by atoms with Gasteiger partial charge in [0.2, 0.25) is 10.0 Å². The molecular formula is C19H21ClN2O5S2. The van der Waals surface area contributed by atoms with Crippen LogP contribution in [0.4, 0.5) is 0 Å². The predicted molar refractivity (Wildman–Crippen MR) is 111 cm³/mol. The summed E-state index contributed by atoms with van der Waals surface area (Å²) in [7, 11) is -3.80. The van der Waals surface area contributed by atoms with E-state index in [1.54, 1.807) is 0 Å². The summed E-state index contributed by atoms with van der Waals surface area (Å²) in [6.45, 7) is 0.754. The van der Waals surface area contributed by atoms with Crippen molar-refractivity contribution in [3.05, 3.63) is 51.2 Å². The number of esters is 1. The number of carbonyl (C=O) groups is 2. The lowest BCUT2D eigenvalue weighted by molar-refractivity contribution is -0.124. The molecule has 0 spiro atoms. The van der Waals surface area contributed by atoms with E-state index < -0.39 is 28.5 Å². The zero-order valence-electron chi connectivity index (χ0n) is 15.6. The normalized spacial score (nSPS) is 15.1. The van der Waals surface area contributed by atoms with E-state index in [9.17, 15) is 18.0 Å². The van der Waals surface area contributed by atoms with Crippen LogP contribution in [0.2, 0.25) is 5.02 Å². The van der Waals surface area contributed by atoms with Crippen molar-refractivity contribution < 1.29 is 22.7 Å². The highest BCUT2D eigenvalue weighted by Crippen LogP contribution is 2.28. The van der Waals surface area contributed by atoms with Crippen LogP contribution < -0.4 is 5.32 Å². The van der Waals surface area contributed by atoms with E-state index in [-0.39, 0.29) is 15.5 Å². The number of hydrogen-bond donors (Lipinski definition) is 1. The molecule has 0 radical (unpaired) electrons. The van der Waals surface area contributed by atoms with Gasteiger partial charge in [-0.3, -0.25) is 4.79 Å². The molecule has 10 heteroatoms. The molecule has 1 amide bonds. The van der Waals surface area contributed by atoms with E-state index in [0.29, 0.717) is 19.6 Å². The molecule has 3 rings (SSSR count). The van der Waals surface area contributed by atoms with Gasteiger partial charge in [-0.25, -0.2) is 13.2 Å². The molecular weight excluding hydrogens is 436 g/mol. The number of carbonyl (C=O) groups excluding carboxylic acids is 2. The quantitative estimate of drug-likeness (QED) is 0.646. The third-order valence-corrected chi connectivity index (χ3v) is 7.73. The molecule has 1 fully saturated rings. The molecule has 0 unspecified atom stereocenters. The summed E-state index contributed by atoms with van der Waals surface area (Å²) in [6, 6.07) is 7.70. The predicted octanol–water partition coefficient (Wildman–Crippen LogP) is 3.05. The number of hydrogen-bond acceptors (Lipinski definition) is 6. The maximum Gasteiger partial charge on any atom is 0.338 e. The summed E-state index contributed by atoms with van der Waals surface area (Å²) >= 11 is 7.61. The van der Waals surface area contributed by atoms with E-state index in [2.05, 4.69) is 5.32 Å². The number of halogens is 1. The molecule has 1 aliphatic rings. The molecule has 156 valence electrons. The van der Waals surface area contributed by atoms with Crippen molar-refractivity contribution in [2.75, 3.05) is 19.7 Å². The molecule has 1 saturated heterocycles. The Balaban J connectivity index is 1.63. The standard InChI is InChI=1S/C19H21ClN2O5S2/c20-16-7-6-14(11-17(16)29(25,26)22-8-2-1-3-9-22)19(24)27-13-18(23)21-12-15-5-4-10-28-15/h4-7,10-11H,1-3,8-9,12-13H2,(H,21,23). The second-order valence-corrected chi connectivity index (χ2v) is 9.89. The molecule has 1 aromatic carbocycles. The van der Waals surface area contributed by atoms with Crippen molar-refractivity contribution in [2.24, 2.45) is 0 Å². The number of nitrogens with zero attached hydrogens (tertiary/aromatic N) is 1. The van der Waals surface area contributed by atoms with Gasteiger partial charge in [0.1, 0.15) is 4.90 Å². The fourth-order valence-corrected chi connectivity index (χ4v) is 5.60. The third kappa shape index (κ3) is 5.57. The minimum Gasteiger partial charge on any atom is -0.452 e. The first kappa shape index (κ1) is 21.8. The lowest BCUT2D eigenvalue weighted by Crippen LogP contribution is -2.35. The lowest BCUT2D eigenvalue weighted by atomic mass is 10.2. The first-order valence-corrected chi connectivity index (χ1v) is 11.8. The zero-order chi connectivity index (χ0) is 20.9. The van der Waals surface area contributed by atoms with Gasteiger partial charge in [-0.05, 0) is 42.5 Å². The van der Waals surface area contributed by atoms with Crippen LogP contribution in [0, 0.1) is 0 Å². The fraction of sp³-hybridized carbons (Fsp3) is 0.368. The Hall–Kier alpha value is -1.94. The summed E-state index contributed by atoms with van der Waals surface area (Å²) in [5.41, 5.74) is 0.0241. The van der Waals surface area contributed by atoms with E-state index in [4.69, 9.17) is 16.3 Å². The Labute approximate surface area is 178 Å². The van der Waals surface area contributed by atoms with Gasteiger partial charge in [-0.15, -0.1) is 11.3 Å². The van der Waals surface area contributed by atoms with Crippen molar-refractivity contribution in [2.45, 2.75) is 30.7 Å². The monoisotopic (exact) mass is 456 g/mol. The van der Waals surface area contributed by atoms with Crippen molar-refractivity contribution in [1.82, 2.24) is 9.62 Å². The second-order valence-electron chi connectivity index (χ2n) is 6.54. The molecule has 0 aliphatic carbocycles. The van der Waals surface area contributed by atoms with Gasteiger partial charge in [0.05, 0.1) is 17.1 Å². The maximum atomic E-state index is 12.9. The van der Waals surface area contributed by atoms with Gasteiger partial charge in [0.25, 0.3) is 5.91 Å². The van der Waals surface area contributed by atoms with Crippen molar-refractivity contribution in [3.63, 3.8) is 0 Å². The Morgan fingerprint density at radius 1 is 1.17 bits per heavy atom. The Morgan fingerprint density at radius 2 is 1.93 bits per heavy atom. The Bertz CT molecular complexity index is 970. The molecule has 1 N–H and O–H groups in total. The topological polar surface area (TPSA) is 92.8 Å². The van der Waals surface area contributed by atoms with Gasteiger partial charge in [0, 0.05) is 18.0 Å². The van der Waals surface area contributed by atoms with Gasteiger partial charge < -0.3 is 10.1 Å². The fourth-order valence-electron chi connectivity index (χ4n) is 2.94. The number of sulfonamides is 1. The van der Waals surface area contributed by atoms with Gasteiger partial charge in [-0.1, -0.05) is 24.1 Å². The molecule has 1 aromatic heterocycles. The van der Waals surface area contributed by atoms with Crippen LogP contribution >= 0.6 is 22.9 Å². The van der Waals surface area contributed by atoms with Crippen LogP contribution in [0.1, 0.15) is 34.5 Å². The summed E-state index contributed by atoms with van der Waals surface area (Å²) in [6.07, 6.45) is 2.57. The maximum absolute atomic E-state index is 12.9. The van der Waals surface area contributed by atoms with Crippen molar-refractivity contribution in [3.8, 4) is 0 Å². The number of benzene rings is 1. The van der Waals surface area contributed by atoms with Crippen LogP contribution in [0.15, 0.2) is 40.6 Å². The van der Waals surface area contributed by atoms with Crippen molar-refractivity contribution >= 4 is 44.8 Å². The van der Waals surface area contributed by atoms with Crippen LogP contribution in [0.5, 0.6) is 0 Å². The number of amides is 1. The molecule has 29 heavy (non-hydrogen) atoms. The second kappa shape index (κ2) is 9.71.